The number of rotatable bonds is 5. The minimum atomic E-state index is -1.18. The number of para-hydroxylation sites is 1. The maximum Gasteiger partial charge on any atom is 0.349 e. The zero-order valence-electron chi connectivity index (χ0n) is 11.1. The molecule has 5 nitrogen and oxygen atoms in total. The smallest absolute Gasteiger partial charge is 0.349 e. The number of benzene rings is 2. The Bertz CT molecular complexity index is 717. The van der Waals surface area contributed by atoms with Crippen molar-refractivity contribution in [2.75, 3.05) is 6.61 Å². The van der Waals surface area contributed by atoms with Gasteiger partial charge in [0.15, 0.2) is 6.61 Å². The van der Waals surface area contributed by atoms with Crippen LogP contribution in [0.3, 0.4) is 0 Å². The van der Waals surface area contributed by atoms with Crippen molar-refractivity contribution in [2.24, 2.45) is 0 Å². The summed E-state index contributed by atoms with van der Waals surface area (Å²) in [4.78, 5) is 22.8. The van der Waals surface area contributed by atoms with Crippen LogP contribution in [0.2, 0.25) is 5.02 Å². The predicted molar refractivity (Wildman–Crippen MR) is 83.7 cm³/mol. The van der Waals surface area contributed by atoms with E-state index in [1.807, 2.05) is 0 Å². The van der Waals surface area contributed by atoms with Gasteiger partial charge in [0, 0.05) is 4.47 Å². The van der Waals surface area contributed by atoms with Gasteiger partial charge in [0.1, 0.15) is 17.1 Å². The van der Waals surface area contributed by atoms with Gasteiger partial charge < -0.3 is 14.6 Å². The average Bonchev–Trinajstić information content (AvgIpc) is 2.46. The van der Waals surface area contributed by atoms with E-state index in [0.717, 1.165) is 4.47 Å². The summed E-state index contributed by atoms with van der Waals surface area (Å²) >= 11 is 9.21. The molecule has 2 rings (SSSR count). The molecule has 0 aliphatic carbocycles. The molecule has 0 saturated heterocycles. The minimum Gasteiger partial charge on any atom is -0.480 e. The number of hydrogen-bond donors (Lipinski definition) is 1. The van der Waals surface area contributed by atoms with E-state index >= 15 is 0 Å². The molecule has 114 valence electrons. The first-order valence-electron chi connectivity index (χ1n) is 6.08. The van der Waals surface area contributed by atoms with E-state index < -0.39 is 18.5 Å². The third-order valence-corrected chi connectivity index (χ3v) is 3.37. The summed E-state index contributed by atoms with van der Waals surface area (Å²) < 4.78 is 11.0. The van der Waals surface area contributed by atoms with E-state index in [-0.39, 0.29) is 11.3 Å². The monoisotopic (exact) mass is 384 g/mol. The van der Waals surface area contributed by atoms with Gasteiger partial charge in [-0.3, -0.25) is 0 Å². The lowest BCUT2D eigenvalue weighted by molar-refractivity contribution is -0.136. The highest BCUT2D eigenvalue weighted by molar-refractivity contribution is 9.10. The van der Waals surface area contributed by atoms with Crippen molar-refractivity contribution in [1.29, 1.82) is 0 Å². The molecule has 1 N–H and O–H groups in total. The van der Waals surface area contributed by atoms with Gasteiger partial charge >= 0.3 is 11.9 Å². The standard InChI is InChI=1S/C15H10BrClO5/c16-9-5-6-13(11(17)7-9)21-8-14(18)22-12-4-2-1-3-10(12)15(19)20/h1-7H,8H2,(H,19,20). The predicted octanol–water partition coefficient (Wildman–Crippen LogP) is 3.79. The molecule has 0 spiro atoms. The van der Waals surface area contributed by atoms with Crippen LogP contribution in [0.4, 0.5) is 0 Å². The zero-order valence-corrected chi connectivity index (χ0v) is 13.4. The van der Waals surface area contributed by atoms with Crippen molar-refractivity contribution in [3.05, 3.63) is 57.5 Å². The number of aromatic carboxylic acids is 1. The molecule has 0 aliphatic rings. The number of halogens is 2. The normalized spacial score (nSPS) is 10.1. The van der Waals surface area contributed by atoms with Crippen LogP contribution in [0.5, 0.6) is 11.5 Å². The van der Waals surface area contributed by atoms with Gasteiger partial charge in [0.25, 0.3) is 0 Å². The highest BCUT2D eigenvalue weighted by atomic mass is 79.9. The van der Waals surface area contributed by atoms with Crippen LogP contribution >= 0.6 is 27.5 Å². The summed E-state index contributed by atoms with van der Waals surface area (Å²) in [5, 5.41) is 9.35. The zero-order chi connectivity index (χ0) is 16.1. The molecule has 0 radical (unpaired) electrons. The van der Waals surface area contributed by atoms with Gasteiger partial charge in [-0.2, -0.15) is 0 Å². The Balaban J connectivity index is 2.00. The summed E-state index contributed by atoms with van der Waals surface area (Å²) in [5.41, 5.74) is -0.0995. The fourth-order valence-corrected chi connectivity index (χ4v) is 2.34. The SMILES string of the molecule is O=C(COc1ccc(Br)cc1Cl)Oc1ccccc1C(=O)O. The van der Waals surface area contributed by atoms with Crippen LogP contribution in [0.25, 0.3) is 0 Å². The summed E-state index contributed by atoms with van der Waals surface area (Å²) in [6.45, 7) is -0.394. The van der Waals surface area contributed by atoms with E-state index in [1.54, 1.807) is 30.3 Å². The molecule has 0 amide bonds. The van der Waals surface area contributed by atoms with Crippen molar-refractivity contribution in [3.63, 3.8) is 0 Å². The summed E-state index contributed by atoms with van der Waals surface area (Å²) in [7, 11) is 0. The Morgan fingerprint density at radius 2 is 1.86 bits per heavy atom. The Morgan fingerprint density at radius 1 is 1.14 bits per heavy atom. The van der Waals surface area contributed by atoms with E-state index in [9.17, 15) is 9.59 Å². The molecule has 22 heavy (non-hydrogen) atoms. The van der Waals surface area contributed by atoms with Crippen LogP contribution in [0.1, 0.15) is 10.4 Å². The number of hydrogen-bond acceptors (Lipinski definition) is 4. The first kappa shape index (κ1) is 16.3. The van der Waals surface area contributed by atoms with Gasteiger partial charge in [0.2, 0.25) is 0 Å². The van der Waals surface area contributed by atoms with Crippen molar-refractivity contribution < 1.29 is 24.2 Å². The van der Waals surface area contributed by atoms with Crippen LogP contribution in [0.15, 0.2) is 46.9 Å². The second-order valence-electron chi connectivity index (χ2n) is 4.14. The highest BCUT2D eigenvalue weighted by Crippen LogP contribution is 2.27. The summed E-state index contributed by atoms with van der Waals surface area (Å²) in [6.07, 6.45) is 0. The van der Waals surface area contributed by atoms with Gasteiger partial charge in [-0.1, -0.05) is 39.7 Å². The Kier molecular flexibility index (Phi) is 5.41. The molecular formula is C15H10BrClO5. The molecule has 0 bridgehead atoms. The number of carboxylic acid groups (broad SMARTS) is 1. The van der Waals surface area contributed by atoms with Gasteiger partial charge in [-0.15, -0.1) is 0 Å². The number of carbonyl (C=O) groups excluding carboxylic acids is 1. The molecule has 0 saturated carbocycles. The van der Waals surface area contributed by atoms with Crippen LogP contribution in [-0.2, 0) is 4.79 Å². The van der Waals surface area contributed by atoms with Crippen LogP contribution < -0.4 is 9.47 Å². The third-order valence-electron chi connectivity index (χ3n) is 2.58. The number of carboxylic acids is 1. The molecular weight excluding hydrogens is 376 g/mol. The Labute approximate surface area is 139 Å². The topological polar surface area (TPSA) is 72.8 Å². The third kappa shape index (κ3) is 4.22. The summed E-state index contributed by atoms with van der Waals surface area (Å²) in [6, 6.07) is 10.8. The first-order valence-corrected chi connectivity index (χ1v) is 7.25. The Hall–Kier alpha value is -2.05. The second kappa shape index (κ2) is 7.29. The summed E-state index contributed by atoms with van der Waals surface area (Å²) in [5.74, 6) is -1.62. The van der Waals surface area contributed by atoms with Crippen LogP contribution in [-0.4, -0.2) is 23.7 Å². The fraction of sp³-hybridized carbons (Fsp3) is 0.0667. The molecule has 0 atom stereocenters. The van der Waals surface area contributed by atoms with Crippen LogP contribution in [0, 0.1) is 0 Å². The molecule has 7 heteroatoms. The lowest BCUT2D eigenvalue weighted by atomic mass is 10.2. The molecule has 0 heterocycles. The number of ether oxygens (including phenoxy) is 2. The van der Waals surface area contributed by atoms with Gasteiger partial charge in [-0.25, -0.2) is 9.59 Å². The molecule has 0 aromatic heterocycles. The van der Waals surface area contributed by atoms with E-state index in [1.165, 1.54) is 12.1 Å². The molecule has 0 unspecified atom stereocenters. The average molecular weight is 386 g/mol. The fourth-order valence-electron chi connectivity index (χ4n) is 1.61. The molecule has 2 aromatic rings. The molecule has 0 aliphatic heterocycles. The van der Waals surface area contributed by atoms with Crippen molar-refractivity contribution in [1.82, 2.24) is 0 Å². The van der Waals surface area contributed by atoms with E-state index in [2.05, 4.69) is 15.9 Å². The highest BCUT2D eigenvalue weighted by Gasteiger charge is 2.14. The van der Waals surface area contributed by atoms with Gasteiger partial charge in [0.05, 0.1) is 5.02 Å². The maximum absolute atomic E-state index is 11.7. The first-order chi connectivity index (χ1) is 10.5. The number of carbonyl (C=O) groups is 2. The number of esters is 1. The largest absolute Gasteiger partial charge is 0.480 e. The van der Waals surface area contributed by atoms with Gasteiger partial charge in [-0.05, 0) is 30.3 Å². The lowest BCUT2D eigenvalue weighted by Crippen LogP contribution is -2.19. The maximum atomic E-state index is 11.7. The molecule has 0 fully saturated rings. The Morgan fingerprint density at radius 3 is 2.55 bits per heavy atom. The lowest BCUT2D eigenvalue weighted by Gasteiger charge is -2.09. The van der Waals surface area contributed by atoms with Crippen molar-refractivity contribution >= 4 is 39.5 Å². The second-order valence-corrected chi connectivity index (χ2v) is 5.46. The van der Waals surface area contributed by atoms with Crippen molar-refractivity contribution in [2.45, 2.75) is 0 Å². The van der Waals surface area contributed by atoms with E-state index in [4.69, 9.17) is 26.2 Å². The minimum absolute atomic E-state index is 0.0366. The van der Waals surface area contributed by atoms with E-state index in [0.29, 0.717) is 10.8 Å². The quantitative estimate of drug-likeness (QED) is 0.626. The molecule has 2 aromatic carbocycles. The van der Waals surface area contributed by atoms with Crippen molar-refractivity contribution in [3.8, 4) is 11.5 Å².